The lowest BCUT2D eigenvalue weighted by Gasteiger charge is -2.22. The maximum atomic E-state index is 12.7. The first-order chi connectivity index (χ1) is 16.4. The largest absolute Gasteiger partial charge is 0.294 e. The third kappa shape index (κ3) is 6.11. The first-order valence-electron chi connectivity index (χ1n) is 10.8. The number of benzene rings is 2. The summed E-state index contributed by atoms with van der Waals surface area (Å²) < 4.78 is 0. The molecule has 0 radical (unpaired) electrons. The second-order valence-electron chi connectivity index (χ2n) is 8.01. The summed E-state index contributed by atoms with van der Waals surface area (Å²) in [6.45, 7) is 5.16. The number of rotatable bonds is 10. The fraction of sp³-hybridized carbons (Fsp3) is 0.280. The van der Waals surface area contributed by atoms with E-state index in [1.165, 1.54) is 64.1 Å². The van der Waals surface area contributed by atoms with Crippen LogP contribution in [0.25, 0.3) is 0 Å². The van der Waals surface area contributed by atoms with Gasteiger partial charge in [-0.2, -0.15) is 0 Å². The highest BCUT2D eigenvalue weighted by Crippen LogP contribution is 2.26. The van der Waals surface area contributed by atoms with Crippen molar-refractivity contribution in [3.63, 3.8) is 0 Å². The summed E-state index contributed by atoms with van der Waals surface area (Å²) >= 11 is 0. The van der Waals surface area contributed by atoms with Crippen molar-refractivity contribution in [1.29, 1.82) is 0 Å². The molecule has 10 heteroatoms. The molecule has 0 bridgehead atoms. The molecule has 0 fully saturated rings. The zero-order valence-electron chi connectivity index (χ0n) is 20.1. The predicted molar refractivity (Wildman–Crippen MR) is 130 cm³/mol. The minimum Gasteiger partial charge on any atom is -0.294 e. The van der Waals surface area contributed by atoms with Gasteiger partial charge in [0.05, 0.1) is 22.5 Å². The van der Waals surface area contributed by atoms with Crippen LogP contribution in [0.1, 0.15) is 88.4 Å². The van der Waals surface area contributed by atoms with Gasteiger partial charge in [0.1, 0.15) is 0 Å². The number of hydrazine groups is 2. The predicted octanol–water partition coefficient (Wildman–Crippen LogP) is 2.78. The number of hydrogen-bond donors (Lipinski definition) is 2. The Morgan fingerprint density at radius 1 is 0.600 bits per heavy atom. The van der Waals surface area contributed by atoms with Gasteiger partial charge < -0.3 is 0 Å². The van der Waals surface area contributed by atoms with E-state index in [9.17, 15) is 28.8 Å². The molecule has 2 aromatic rings. The number of anilines is 2. The maximum Gasteiger partial charge on any atom is 0.241 e. The lowest BCUT2D eigenvalue weighted by molar-refractivity contribution is -0.120. The molecule has 0 heterocycles. The van der Waals surface area contributed by atoms with E-state index in [1.54, 1.807) is 0 Å². The van der Waals surface area contributed by atoms with Crippen molar-refractivity contribution in [3.05, 3.63) is 58.7 Å². The molecule has 2 rings (SSSR count). The summed E-state index contributed by atoms with van der Waals surface area (Å²) in [7, 11) is 0. The number of nitrogens with zero attached hydrogens (tertiary/aromatic N) is 2. The Bertz CT molecular complexity index is 1130. The van der Waals surface area contributed by atoms with Crippen LogP contribution in [-0.2, 0) is 9.59 Å². The van der Waals surface area contributed by atoms with Gasteiger partial charge in [-0.05, 0) is 46.2 Å². The molecule has 0 unspecified atom stereocenters. The molecule has 4 N–H and O–H groups in total. The quantitative estimate of drug-likeness (QED) is 0.227. The van der Waals surface area contributed by atoms with Crippen molar-refractivity contribution in [2.75, 3.05) is 10.0 Å². The Labute approximate surface area is 202 Å². The Morgan fingerprint density at radius 2 is 0.943 bits per heavy atom. The highest BCUT2D eigenvalue weighted by atomic mass is 16.2. The number of carbonyl (C=O) groups is 6. The molecule has 0 aliphatic carbocycles. The maximum absolute atomic E-state index is 12.7. The number of hydrogen-bond acceptors (Lipinski definition) is 8. The Kier molecular flexibility index (Phi) is 8.87. The van der Waals surface area contributed by atoms with E-state index in [0.29, 0.717) is 0 Å². The van der Waals surface area contributed by atoms with Gasteiger partial charge >= 0.3 is 0 Å². The molecular formula is C25H28N4O6. The highest BCUT2D eigenvalue weighted by Gasteiger charge is 2.24. The van der Waals surface area contributed by atoms with Gasteiger partial charge in [0.25, 0.3) is 0 Å². The smallest absolute Gasteiger partial charge is 0.241 e. The third-order valence-corrected chi connectivity index (χ3v) is 5.39. The molecule has 2 amide bonds. The molecule has 0 atom stereocenters. The molecule has 0 aromatic heterocycles. The molecule has 184 valence electrons. The van der Waals surface area contributed by atoms with Crippen molar-refractivity contribution in [1.82, 2.24) is 0 Å². The van der Waals surface area contributed by atoms with Crippen molar-refractivity contribution in [2.24, 2.45) is 11.7 Å². The van der Waals surface area contributed by atoms with Crippen LogP contribution in [0.2, 0.25) is 0 Å². The number of carbonyl (C=O) groups excluding carboxylic acids is 6. The van der Waals surface area contributed by atoms with Crippen molar-refractivity contribution in [3.8, 4) is 0 Å². The minimum absolute atomic E-state index is 0.0437. The number of nitrogens with two attached hydrogens (primary N) is 2. The SMILES string of the molecule is CC(=O)c1cccc(N(N)C(=O)CCCC(=O)N(N)c2cccc(C(C)=O)c2C(C)=O)c1C(C)=O. The summed E-state index contributed by atoms with van der Waals surface area (Å²) in [5, 5.41) is 1.58. The van der Waals surface area contributed by atoms with Gasteiger partial charge in [0, 0.05) is 24.0 Å². The summed E-state index contributed by atoms with van der Waals surface area (Å²) in [5.41, 5.74) is 0.579. The Balaban J connectivity index is 2.14. The second kappa shape index (κ2) is 11.4. The Morgan fingerprint density at radius 3 is 1.23 bits per heavy atom. The van der Waals surface area contributed by atoms with Crippen molar-refractivity contribution in [2.45, 2.75) is 47.0 Å². The summed E-state index contributed by atoms with van der Waals surface area (Å²) in [6.07, 6.45) is -0.224. The van der Waals surface area contributed by atoms with E-state index in [4.69, 9.17) is 11.7 Å². The van der Waals surface area contributed by atoms with Crippen LogP contribution in [0.5, 0.6) is 0 Å². The first kappa shape index (κ1) is 27.2. The third-order valence-electron chi connectivity index (χ3n) is 5.39. The van der Waals surface area contributed by atoms with E-state index in [0.717, 1.165) is 10.0 Å². The zero-order chi connectivity index (χ0) is 26.4. The van der Waals surface area contributed by atoms with Crippen LogP contribution in [0.3, 0.4) is 0 Å². The van der Waals surface area contributed by atoms with Gasteiger partial charge in [-0.25, -0.2) is 21.7 Å². The monoisotopic (exact) mass is 480 g/mol. The van der Waals surface area contributed by atoms with Crippen LogP contribution in [-0.4, -0.2) is 34.9 Å². The van der Waals surface area contributed by atoms with Gasteiger partial charge in [-0.1, -0.05) is 24.3 Å². The van der Waals surface area contributed by atoms with E-state index in [1.807, 2.05) is 0 Å². The zero-order valence-corrected chi connectivity index (χ0v) is 20.1. The normalized spacial score (nSPS) is 10.5. The van der Waals surface area contributed by atoms with Gasteiger partial charge in [0.2, 0.25) is 11.8 Å². The lowest BCUT2D eigenvalue weighted by Crippen LogP contribution is -2.40. The van der Waals surface area contributed by atoms with E-state index in [2.05, 4.69) is 0 Å². The average molecular weight is 481 g/mol. The van der Waals surface area contributed by atoms with E-state index < -0.39 is 23.4 Å². The molecule has 0 aliphatic rings. The number of ketones is 4. The fourth-order valence-electron chi connectivity index (χ4n) is 3.71. The number of amides is 2. The molecule has 35 heavy (non-hydrogen) atoms. The molecule has 0 aliphatic heterocycles. The van der Waals surface area contributed by atoms with Crippen LogP contribution in [0, 0.1) is 0 Å². The standard InChI is InChI=1S/C25H28N4O6/c1-14(30)18-8-5-10-20(24(18)16(3)32)28(26)22(34)12-7-13-23(35)29(27)21-11-6-9-19(15(2)31)25(21)17(4)33/h5-6,8-11H,7,12-13,26-27H2,1-4H3. The van der Waals surface area contributed by atoms with Crippen molar-refractivity contribution >= 4 is 46.3 Å². The van der Waals surface area contributed by atoms with Crippen LogP contribution < -0.4 is 21.7 Å². The summed E-state index contributed by atoms with van der Waals surface area (Å²) in [5.74, 6) is 9.21. The van der Waals surface area contributed by atoms with Gasteiger partial charge in [0.15, 0.2) is 23.1 Å². The topological polar surface area (TPSA) is 161 Å². The van der Waals surface area contributed by atoms with Crippen LogP contribution >= 0.6 is 0 Å². The Hall–Kier alpha value is -4.02. The van der Waals surface area contributed by atoms with Gasteiger partial charge in [-0.15, -0.1) is 0 Å². The van der Waals surface area contributed by atoms with E-state index in [-0.39, 0.29) is 64.5 Å². The molecule has 10 nitrogen and oxygen atoms in total. The molecule has 2 aromatic carbocycles. The molecule has 0 spiro atoms. The van der Waals surface area contributed by atoms with Crippen LogP contribution in [0.15, 0.2) is 36.4 Å². The average Bonchev–Trinajstić information content (AvgIpc) is 2.81. The molecular weight excluding hydrogens is 452 g/mol. The van der Waals surface area contributed by atoms with Gasteiger partial charge in [-0.3, -0.25) is 28.8 Å². The highest BCUT2D eigenvalue weighted by molar-refractivity contribution is 6.13. The fourth-order valence-corrected chi connectivity index (χ4v) is 3.71. The summed E-state index contributed by atoms with van der Waals surface area (Å²) in [6, 6.07) is 8.91. The molecule has 0 saturated heterocycles. The summed E-state index contributed by atoms with van der Waals surface area (Å²) in [4.78, 5) is 73.3. The lowest BCUT2D eigenvalue weighted by atomic mass is 9.98. The number of Topliss-reactive ketones (excluding diaryl/α,β-unsaturated/α-hetero) is 4. The van der Waals surface area contributed by atoms with Crippen molar-refractivity contribution < 1.29 is 28.8 Å². The van der Waals surface area contributed by atoms with E-state index >= 15 is 0 Å². The molecule has 0 saturated carbocycles. The first-order valence-corrected chi connectivity index (χ1v) is 10.8. The minimum atomic E-state index is -0.576. The van der Waals surface area contributed by atoms with Crippen LogP contribution in [0.4, 0.5) is 11.4 Å². The second-order valence-corrected chi connectivity index (χ2v) is 8.01.